The van der Waals surface area contributed by atoms with Gasteiger partial charge in [-0.2, -0.15) is 4.98 Å². The van der Waals surface area contributed by atoms with Crippen LogP contribution in [0.5, 0.6) is 23.0 Å². The molecule has 10 heteroatoms. The Morgan fingerprint density at radius 2 is 1.79 bits per heavy atom. The SMILES string of the molecule is O=[N+]([O-])c1cc(-c2nc(-c3cccc(O)c3O)no2)cc(O)c1O. The maximum Gasteiger partial charge on any atom is 0.315 e. The molecule has 10 nitrogen and oxygen atoms in total. The Kier molecular flexibility index (Phi) is 3.41. The van der Waals surface area contributed by atoms with E-state index in [1.807, 2.05) is 0 Å². The minimum absolute atomic E-state index is 0.00427. The molecular formula is C14H9N3O7. The van der Waals surface area contributed by atoms with Crippen molar-refractivity contribution in [2.75, 3.05) is 0 Å². The lowest BCUT2D eigenvalue weighted by Gasteiger charge is -2.01. The number of phenols is 4. The van der Waals surface area contributed by atoms with Crippen molar-refractivity contribution >= 4 is 5.69 Å². The van der Waals surface area contributed by atoms with Crippen LogP contribution in [0, 0.1) is 10.1 Å². The second-order valence-electron chi connectivity index (χ2n) is 4.72. The van der Waals surface area contributed by atoms with Gasteiger partial charge in [-0.25, -0.2) is 0 Å². The predicted molar refractivity (Wildman–Crippen MR) is 78.5 cm³/mol. The second kappa shape index (κ2) is 5.43. The quantitative estimate of drug-likeness (QED) is 0.320. The molecule has 0 bridgehead atoms. The topological polar surface area (TPSA) is 163 Å². The smallest absolute Gasteiger partial charge is 0.315 e. The van der Waals surface area contributed by atoms with E-state index in [4.69, 9.17) is 4.52 Å². The number of phenolic OH excluding ortho intramolecular Hbond substituents is 4. The minimum Gasteiger partial charge on any atom is -0.504 e. The summed E-state index contributed by atoms with van der Waals surface area (Å²) >= 11 is 0. The van der Waals surface area contributed by atoms with Crippen molar-refractivity contribution in [3.63, 3.8) is 0 Å². The van der Waals surface area contributed by atoms with E-state index < -0.39 is 27.9 Å². The number of para-hydroxylation sites is 1. The molecule has 0 aliphatic carbocycles. The number of nitro benzene ring substituents is 1. The maximum atomic E-state index is 10.9. The van der Waals surface area contributed by atoms with E-state index in [2.05, 4.69) is 10.1 Å². The molecule has 0 saturated heterocycles. The summed E-state index contributed by atoms with van der Waals surface area (Å²) in [6.07, 6.45) is 0. The van der Waals surface area contributed by atoms with Gasteiger partial charge in [0.05, 0.1) is 16.1 Å². The lowest BCUT2D eigenvalue weighted by molar-refractivity contribution is -0.385. The zero-order valence-corrected chi connectivity index (χ0v) is 11.7. The molecule has 0 aliphatic heterocycles. The summed E-state index contributed by atoms with van der Waals surface area (Å²) in [6, 6.07) is 6.12. The van der Waals surface area contributed by atoms with Gasteiger partial charge < -0.3 is 24.9 Å². The van der Waals surface area contributed by atoms with E-state index >= 15 is 0 Å². The molecule has 0 saturated carbocycles. The lowest BCUT2D eigenvalue weighted by atomic mass is 10.1. The molecule has 1 heterocycles. The highest BCUT2D eigenvalue weighted by molar-refractivity contribution is 5.71. The van der Waals surface area contributed by atoms with Crippen LogP contribution in [0.2, 0.25) is 0 Å². The van der Waals surface area contributed by atoms with E-state index in [-0.39, 0.29) is 28.6 Å². The third-order valence-corrected chi connectivity index (χ3v) is 3.19. The molecule has 3 aromatic rings. The summed E-state index contributed by atoms with van der Waals surface area (Å²) in [5.74, 6) is -2.70. The number of benzene rings is 2. The average molecular weight is 331 g/mol. The first-order valence-corrected chi connectivity index (χ1v) is 6.44. The zero-order chi connectivity index (χ0) is 17.4. The molecule has 24 heavy (non-hydrogen) atoms. The van der Waals surface area contributed by atoms with Gasteiger partial charge in [0.25, 0.3) is 5.89 Å². The highest BCUT2D eigenvalue weighted by Crippen LogP contribution is 2.40. The van der Waals surface area contributed by atoms with E-state index in [0.29, 0.717) is 0 Å². The number of aromatic nitrogens is 2. The highest BCUT2D eigenvalue weighted by Gasteiger charge is 2.22. The molecule has 0 fully saturated rings. The molecule has 0 radical (unpaired) electrons. The number of aromatic hydroxyl groups is 4. The second-order valence-corrected chi connectivity index (χ2v) is 4.72. The summed E-state index contributed by atoms with van der Waals surface area (Å²) in [6.45, 7) is 0. The Morgan fingerprint density at radius 1 is 1.04 bits per heavy atom. The van der Waals surface area contributed by atoms with Gasteiger partial charge in [-0.1, -0.05) is 11.2 Å². The summed E-state index contributed by atoms with van der Waals surface area (Å²) in [7, 11) is 0. The molecular weight excluding hydrogens is 322 g/mol. The van der Waals surface area contributed by atoms with Crippen LogP contribution in [0.4, 0.5) is 5.69 Å². The van der Waals surface area contributed by atoms with Crippen LogP contribution in [-0.4, -0.2) is 35.5 Å². The molecule has 0 atom stereocenters. The van der Waals surface area contributed by atoms with E-state index in [0.717, 1.165) is 12.1 Å². The third kappa shape index (κ3) is 2.41. The summed E-state index contributed by atoms with van der Waals surface area (Å²) in [5.41, 5.74) is -0.650. The molecule has 0 aliphatic rings. The lowest BCUT2D eigenvalue weighted by Crippen LogP contribution is -1.90. The molecule has 0 spiro atoms. The number of nitrogens with zero attached hydrogens (tertiary/aromatic N) is 3. The molecule has 122 valence electrons. The average Bonchev–Trinajstić information content (AvgIpc) is 3.02. The molecule has 3 rings (SSSR count). The van der Waals surface area contributed by atoms with Crippen LogP contribution in [0.25, 0.3) is 22.8 Å². The Morgan fingerprint density at radius 3 is 2.50 bits per heavy atom. The van der Waals surface area contributed by atoms with Crippen molar-refractivity contribution in [1.82, 2.24) is 10.1 Å². The van der Waals surface area contributed by atoms with Gasteiger partial charge in [-0.05, 0) is 18.2 Å². The fourth-order valence-electron chi connectivity index (χ4n) is 2.03. The molecule has 4 N–H and O–H groups in total. The monoisotopic (exact) mass is 331 g/mol. The van der Waals surface area contributed by atoms with Crippen LogP contribution >= 0.6 is 0 Å². The summed E-state index contributed by atoms with van der Waals surface area (Å²) < 4.78 is 4.96. The minimum atomic E-state index is -0.880. The van der Waals surface area contributed by atoms with Crippen LogP contribution in [-0.2, 0) is 0 Å². The van der Waals surface area contributed by atoms with Crippen molar-refractivity contribution in [3.8, 4) is 45.8 Å². The first-order chi connectivity index (χ1) is 11.4. The van der Waals surface area contributed by atoms with Crippen LogP contribution < -0.4 is 0 Å². The van der Waals surface area contributed by atoms with Crippen LogP contribution in [0.3, 0.4) is 0 Å². The van der Waals surface area contributed by atoms with Gasteiger partial charge >= 0.3 is 5.69 Å². The first kappa shape index (κ1) is 15.1. The Labute approximate surface area is 133 Å². The van der Waals surface area contributed by atoms with E-state index in [9.17, 15) is 30.5 Å². The largest absolute Gasteiger partial charge is 0.504 e. The van der Waals surface area contributed by atoms with Gasteiger partial charge in [0.15, 0.2) is 17.2 Å². The number of hydrogen-bond acceptors (Lipinski definition) is 9. The maximum absolute atomic E-state index is 10.9. The predicted octanol–water partition coefficient (Wildman–Crippen LogP) is 2.13. The third-order valence-electron chi connectivity index (χ3n) is 3.19. The fraction of sp³-hybridized carbons (Fsp3) is 0. The molecule has 1 aromatic heterocycles. The fourth-order valence-corrected chi connectivity index (χ4v) is 2.03. The standard InChI is InChI=1S/C14H9N3O7/c18-9-3-1-2-7(11(9)20)13-15-14(24-16-13)6-4-8(17(22)23)12(21)10(19)5-6/h1-5,18-21H. The van der Waals surface area contributed by atoms with Gasteiger partial charge in [0.2, 0.25) is 11.6 Å². The van der Waals surface area contributed by atoms with Crippen molar-refractivity contribution in [2.45, 2.75) is 0 Å². The van der Waals surface area contributed by atoms with E-state index in [1.165, 1.54) is 18.2 Å². The van der Waals surface area contributed by atoms with Crippen LogP contribution in [0.1, 0.15) is 0 Å². The van der Waals surface area contributed by atoms with Crippen molar-refractivity contribution in [2.24, 2.45) is 0 Å². The van der Waals surface area contributed by atoms with Crippen molar-refractivity contribution < 1.29 is 29.9 Å². The first-order valence-electron chi connectivity index (χ1n) is 6.44. The van der Waals surface area contributed by atoms with E-state index in [1.54, 1.807) is 0 Å². The van der Waals surface area contributed by atoms with Crippen molar-refractivity contribution in [3.05, 3.63) is 40.4 Å². The van der Waals surface area contributed by atoms with Gasteiger partial charge in [0, 0.05) is 6.07 Å². The normalized spacial score (nSPS) is 10.7. The molecule has 2 aromatic carbocycles. The van der Waals surface area contributed by atoms with Crippen molar-refractivity contribution in [1.29, 1.82) is 0 Å². The zero-order valence-electron chi connectivity index (χ0n) is 11.7. The Hall–Kier alpha value is -3.82. The number of hydrogen-bond donors (Lipinski definition) is 4. The van der Waals surface area contributed by atoms with Gasteiger partial charge in [-0.3, -0.25) is 10.1 Å². The van der Waals surface area contributed by atoms with Gasteiger partial charge in [0.1, 0.15) is 0 Å². The number of rotatable bonds is 3. The highest BCUT2D eigenvalue weighted by atomic mass is 16.6. The van der Waals surface area contributed by atoms with Gasteiger partial charge in [-0.15, -0.1) is 0 Å². The Bertz CT molecular complexity index is 952. The summed E-state index contributed by atoms with van der Waals surface area (Å²) in [5, 5.41) is 52.8. The molecule has 0 unspecified atom stereocenters. The number of nitro groups is 1. The Balaban J connectivity index is 2.09. The molecule has 0 amide bonds. The summed E-state index contributed by atoms with van der Waals surface area (Å²) in [4.78, 5) is 14.0. The van der Waals surface area contributed by atoms with Crippen LogP contribution in [0.15, 0.2) is 34.9 Å².